The summed E-state index contributed by atoms with van der Waals surface area (Å²) in [5.41, 5.74) is 5.21. The lowest BCUT2D eigenvalue weighted by atomic mass is 9.67. The Kier molecular flexibility index (Phi) is 12.1. The van der Waals surface area contributed by atoms with Crippen LogP contribution in [0.4, 0.5) is 5.69 Å². The van der Waals surface area contributed by atoms with Gasteiger partial charge in [0, 0.05) is 25.2 Å². The van der Waals surface area contributed by atoms with Crippen LogP contribution in [0.5, 0.6) is 0 Å². The van der Waals surface area contributed by atoms with Crippen molar-refractivity contribution in [2.75, 3.05) is 25.0 Å². The van der Waals surface area contributed by atoms with E-state index in [1.54, 1.807) is 38.1 Å². The topological polar surface area (TPSA) is 160 Å². The molecular weight excluding hydrogens is 537 g/mol. The molecule has 2 aliphatic rings. The summed E-state index contributed by atoms with van der Waals surface area (Å²) in [6, 6.07) is 6.21. The number of carbonyl (C=O) groups excluding carboxylic acids is 5. The van der Waals surface area contributed by atoms with Crippen molar-refractivity contribution in [2.24, 2.45) is 16.6 Å². The predicted molar refractivity (Wildman–Crippen MR) is 159 cm³/mol. The fourth-order valence-electron chi connectivity index (χ4n) is 5.35. The highest BCUT2D eigenvalue weighted by Gasteiger charge is 2.51. The molecule has 1 aliphatic heterocycles. The second-order valence-corrected chi connectivity index (χ2v) is 12.0. The monoisotopic (exact) mass is 581 g/mol. The lowest BCUT2D eigenvalue weighted by Gasteiger charge is -2.39. The summed E-state index contributed by atoms with van der Waals surface area (Å²) in [5.74, 6) is -1.41. The summed E-state index contributed by atoms with van der Waals surface area (Å²) < 4.78 is 4.63. The van der Waals surface area contributed by atoms with Crippen LogP contribution in [-0.2, 0) is 35.2 Å². The number of unbranched alkanes of at least 4 members (excludes halogenated alkanes) is 3. The van der Waals surface area contributed by atoms with E-state index in [-0.39, 0.29) is 36.7 Å². The molecule has 2 radical (unpaired) electrons. The molecule has 0 bridgehead atoms. The SMILES string of the molecule is [B]OCc1ccc(NC(=O)[C@H](CCCCN)NC(=O)C2(C(=O)NCCCCCN3C(=O)CC(C)(C)C3=O)CCC2)cc1. The molecule has 42 heavy (non-hydrogen) atoms. The molecule has 228 valence electrons. The van der Waals surface area contributed by atoms with Gasteiger partial charge in [-0.05, 0) is 75.6 Å². The third-order valence-corrected chi connectivity index (χ3v) is 8.18. The van der Waals surface area contributed by atoms with Gasteiger partial charge in [0.05, 0.1) is 12.0 Å². The van der Waals surface area contributed by atoms with Gasteiger partial charge in [-0.2, -0.15) is 0 Å². The number of nitrogens with two attached hydrogens (primary N) is 1. The quantitative estimate of drug-likeness (QED) is 0.0949. The third kappa shape index (κ3) is 8.41. The number of benzene rings is 1. The average molecular weight is 582 g/mol. The van der Waals surface area contributed by atoms with Crippen LogP contribution in [0, 0.1) is 10.8 Å². The van der Waals surface area contributed by atoms with Crippen molar-refractivity contribution in [3.63, 3.8) is 0 Å². The van der Waals surface area contributed by atoms with Gasteiger partial charge in [-0.25, -0.2) is 0 Å². The van der Waals surface area contributed by atoms with E-state index >= 15 is 0 Å². The highest BCUT2D eigenvalue weighted by molar-refractivity contribution is 6.08. The zero-order chi connectivity index (χ0) is 30.8. The van der Waals surface area contributed by atoms with Gasteiger partial charge < -0.3 is 26.3 Å². The summed E-state index contributed by atoms with van der Waals surface area (Å²) in [7, 11) is 5.11. The maximum Gasteiger partial charge on any atom is 0.283 e. The van der Waals surface area contributed by atoms with Crippen LogP contribution >= 0.6 is 0 Å². The standard InChI is InChI=1S/C30H44BN5O6/c1-29(2)19-24(37)36(28(29)41)18-7-3-6-17-33-26(39)30(14-8-15-30)27(40)35-23(9-4-5-16-32)25(38)34-22-12-10-21(11-13-22)20-42-31/h10-13,23H,3-9,14-20,32H2,1-2H3,(H,33,39)(H,34,38)(H,35,40)/t23-/m0/s1. The molecule has 1 aromatic carbocycles. The molecule has 0 unspecified atom stereocenters. The van der Waals surface area contributed by atoms with Crippen LogP contribution in [-0.4, -0.2) is 68.2 Å². The van der Waals surface area contributed by atoms with Gasteiger partial charge in [0.2, 0.25) is 29.5 Å². The summed E-state index contributed by atoms with van der Waals surface area (Å²) >= 11 is 0. The van der Waals surface area contributed by atoms with Crippen LogP contribution in [0.3, 0.4) is 0 Å². The van der Waals surface area contributed by atoms with E-state index in [0.717, 1.165) is 18.4 Å². The van der Waals surface area contributed by atoms with E-state index in [9.17, 15) is 24.0 Å². The van der Waals surface area contributed by atoms with E-state index in [1.807, 2.05) is 0 Å². The van der Waals surface area contributed by atoms with E-state index in [4.69, 9.17) is 13.8 Å². The Hall–Kier alpha value is -3.25. The smallest absolute Gasteiger partial charge is 0.283 e. The van der Waals surface area contributed by atoms with Gasteiger partial charge in [0.15, 0.2) is 0 Å². The van der Waals surface area contributed by atoms with Crippen LogP contribution in [0.1, 0.15) is 83.6 Å². The molecular formula is C30H44BN5O6. The number of hydrogen-bond donors (Lipinski definition) is 4. The third-order valence-electron chi connectivity index (χ3n) is 8.18. The molecule has 1 aliphatic carbocycles. The van der Waals surface area contributed by atoms with E-state index in [2.05, 4.69) is 20.6 Å². The maximum atomic E-state index is 13.4. The van der Waals surface area contributed by atoms with Crippen LogP contribution in [0.2, 0.25) is 0 Å². The molecule has 1 atom stereocenters. The van der Waals surface area contributed by atoms with Gasteiger partial charge in [-0.1, -0.05) is 32.4 Å². The molecule has 11 nitrogen and oxygen atoms in total. The fraction of sp³-hybridized carbons (Fsp3) is 0.633. The van der Waals surface area contributed by atoms with Crippen molar-refractivity contribution in [3.05, 3.63) is 29.8 Å². The average Bonchev–Trinajstić information content (AvgIpc) is 3.11. The normalized spacial score (nSPS) is 17.8. The molecule has 5 N–H and O–H groups in total. The number of rotatable bonds is 17. The lowest BCUT2D eigenvalue weighted by Crippen LogP contribution is -2.58. The van der Waals surface area contributed by atoms with Crippen molar-refractivity contribution < 1.29 is 28.6 Å². The molecule has 5 amide bonds. The minimum Gasteiger partial charge on any atom is -0.444 e. The van der Waals surface area contributed by atoms with Crippen molar-refractivity contribution in [1.29, 1.82) is 0 Å². The maximum absolute atomic E-state index is 13.4. The molecule has 1 saturated heterocycles. The Labute approximate surface area is 249 Å². The first-order valence-electron chi connectivity index (χ1n) is 14.9. The molecule has 3 rings (SSSR count). The molecule has 1 saturated carbocycles. The van der Waals surface area contributed by atoms with E-state index in [0.29, 0.717) is 70.3 Å². The number of anilines is 1. The van der Waals surface area contributed by atoms with Gasteiger partial charge in [0.25, 0.3) is 8.05 Å². The zero-order valence-electron chi connectivity index (χ0n) is 24.8. The second-order valence-electron chi connectivity index (χ2n) is 12.0. The Bertz CT molecular complexity index is 1120. The Morgan fingerprint density at radius 3 is 2.31 bits per heavy atom. The fourth-order valence-corrected chi connectivity index (χ4v) is 5.35. The zero-order valence-corrected chi connectivity index (χ0v) is 24.8. The first-order valence-corrected chi connectivity index (χ1v) is 14.9. The van der Waals surface area contributed by atoms with Crippen LogP contribution in [0.15, 0.2) is 24.3 Å². The Morgan fingerprint density at radius 1 is 1.02 bits per heavy atom. The van der Waals surface area contributed by atoms with E-state index < -0.39 is 22.8 Å². The summed E-state index contributed by atoms with van der Waals surface area (Å²) in [6.45, 7) is 5.04. The summed E-state index contributed by atoms with van der Waals surface area (Å²) in [5, 5.41) is 8.58. The largest absolute Gasteiger partial charge is 0.444 e. The summed E-state index contributed by atoms with van der Waals surface area (Å²) in [4.78, 5) is 65.5. The number of nitrogens with zero attached hydrogens (tertiary/aromatic N) is 1. The second kappa shape index (κ2) is 15.3. The van der Waals surface area contributed by atoms with Crippen molar-refractivity contribution in [2.45, 2.75) is 90.7 Å². The van der Waals surface area contributed by atoms with Gasteiger partial charge >= 0.3 is 0 Å². The molecule has 2 fully saturated rings. The number of amides is 5. The highest BCUT2D eigenvalue weighted by atomic mass is 16.4. The molecule has 0 spiro atoms. The first kappa shape index (κ1) is 33.3. The number of likely N-dealkylation sites (tertiary alicyclic amines) is 1. The van der Waals surface area contributed by atoms with Gasteiger partial charge in [-0.3, -0.25) is 28.9 Å². The summed E-state index contributed by atoms with van der Waals surface area (Å²) in [6.07, 6.45) is 5.59. The molecule has 1 aromatic rings. The number of carbonyl (C=O) groups is 5. The minimum atomic E-state index is -1.20. The van der Waals surface area contributed by atoms with Crippen LogP contribution in [0.25, 0.3) is 0 Å². The lowest BCUT2D eigenvalue weighted by molar-refractivity contribution is -0.151. The first-order chi connectivity index (χ1) is 20.0. The van der Waals surface area contributed by atoms with Crippen molar-refractivity contribution in [3.8, 4) is 0 Å². The molecule has 12 heteroatoms. The van der Waals surface area contributed by atoms with Crippen LogP contribution < -0.4 is 21.7 Å². The number of nitrogens with one attached hydrogen (secondary N) is 3. The van der Waals surface area contributed by atoms with Gasteiger partial charge in [0.1, 0.15) is 11.5 Å². The molecule has 1 heterocycles. The van der Waals surface area contributed by atoms with Crippen molar-refractivity contribution >= 4 is 43.3 Å². The molecule has 0 aromatic heterocycles. The number of hydrogen-bond acceptors (Lipinski definition) is 7. The Balaban J connectivity index is 1.50. The minimum absolute atomic E-state index is 0.135. The Morgan fingerprint density at radius 2 is 1.74 bits per heavy atom. The van der Waals surface area contributed by atoms with E-state index in [1.165, 1.54) is 4.90 Å². The number of imide groups is 1. The van der Waals surface area contributed by atoms with Crippen molar-refractivity contribution in [1.82, 2.24) is 15.5 Å². The van der Waals surface area contributed by atoms with Gasteiger partial charge in [-0.15, -0.1) is 0 Å². The predicted octanol–water partition coefficient (Wildman–Crippen LogP) is 2.08. The highest BCUT2D eigenvalue weighted by Crippen LogP contribution is 2.41.